The minimum Gasteiger partial charge on any atom is -0.481 e. The van der Waals surface area contributed by atoms with E-state index in [2.05, 4.69) is 15.5 Å². The van der Waals surface area contributed by atoms with Crippen molar-refractivity contribution in [3.05, 3.63) is 30.0 Å². The number of hydrogen-bond acceptors (Lipinski definition) is 4. The second-order valence-corrected chi connectivity index (χ2v) is 6.69. The van der Waals surface area contributed by atoms with Gasteiger partial charge in [0.25, 0.3) is 5.91 Å². The molecular formula is C17H20N4O4. The smallest absolute Gasteiger partial charge is 0.311 e. The van der Waals surface area contributed by atoms with E-state index in [0.29, 0.717) is 18.4 Å². The minimum absolute atomic E-state index is 0.146. The zero-order valence-electron chi connectivity index (χ0n) is 14.1. The number of hydrogen-bond donors (Lipinski definition) is 3. The molecule has 2 heterocycles. The molecule has 1 fully saturated rings. The molecule has 3 N–H and O–H groups in total. The zero-order valence-corrected chi connectivity index (χ0v) is 14.1. The topological polar surface area (TPSA) is 115 Å². The van der Waals surface area contributed by atoms with Gasteiger partial charge in [-0.15, -0.1) is 0 Å². The quantitative estimate of drug-likeness (QED) is 0.765. The Morgan fingerprint density at radius 3 is 2.76 bits per heavy atom. The molecule has 2 aromatic rings. The fourth-order valence-corrected chi connectivity index (χ4v) is 3.06. The first kappa shape index (κ1) is 16.9. The second kappa shape index (κ2) is 6.19. The molecule has 1 aliphatic rings. The van der Waals surface area contributed by atoms with Gasteiger partial charge in [-0.3, -0.25) is 19.5 Å². The fraction of sp³-hybridized carbons (Fsp3) is 0.412. The van der Waals surface area contributed by atoms with E-state index >= 15 is 0 Å². The van der Waals surface area contributed by atoms with Crippen LogP contribution in [0.3, 0.4) is 0 Å². The predicted molar refractivity (Wildman–Crippen MR) is 90.0 cm³/mol. The Morgan fingerprint density at radius 2 is 2.08 bits per heavy atom. The molecule has 2 atom stereocenters. The van der Waals surface area contributed by atoms with Gasteiger partial charge in [-0.1, -0.05) is 18.2 Å². The molecule has 2 amide bonds. The van der Waals surface area contributed by atoms with E-state index in [1.165, 1.54) is 4.90 Å². The van der Waals surface area contributed by atoms with Gasteiger partial charge in [-0.05, 0) is 26.3 Å². The standard InChI is InChI=1S/C17H20N4O4/c1-10(15(23)21-8-7-17(2,9-21)16(24)25)18-14(22)13-11-5-3-4-6-12(11)19-20-13/h3-6,10H,7-9H2,1-2H3,(H,18,22)(H,19,20)(H,24,25). The number of aliphatic carboxylic acids is 1. The van der Waals surface area contributed by atoms with E-state index in [1.807, 2.05) is 12.1 Å². The number of benzene rings is 1. The van der Waals surface area contributed by atoms with E-state index in [9.17, 15) is 19.5 Å². The molecule has 8 nitrogen and oxygen atoms in total. The van der Waals surface area contributed by atoms with Crippen LogP contribution in [0.15, 0.2) is 24.3 Å². The van der Waals surface area contributed by atoms with Gasteiger partial charge in [0, 0.05) is 18.5 Å². The van der Waals surface area contributed by atoms with Gasteiger partial charge in [0.05, 0.1) is 10.9 Å². The Balaban J connectivity index is 1.68. The van der Waals surface area contributed by atoms with Crippen molar-refractivity contribution >= 4 is 28.7 Å². The fourth-order valence-electron chi connectivity index (χ4n) is 3.06. The summed E-state index contributed by atoms with van der Waals surface area (Å²) >= 11 is 0. The van der Waals surface area contributed by atoms with Crippen molar-refractivity contribution < 1.29 is 19.5 Å². The second-order valence-electron chi connectivity index (χ2n) is 6.69. The number of fused-ring (bicyclic) bond motifs is 1. The number of H-pyrrole nitrogens is 1. The summed E-state index contributed by atoms with van der Waals surface area (Å²) in [6.45, 7) is 3.73. The maximum atomic E-state index is 12.5. The summed E-state index contributed by atoms with van der Waals surface area (Å²) in [4.78, 5) is 37.7. The largest absolute Gasteiger partial charge is 0.481 e. The molecule has 25 heavy (non-hydrogen) atoms. The number of rotatable bonds is 4. The van der Waals surface area contributed by atoms with Gasteiger partial charge in [-0.25, -0.2) is 0 Å². The van der Waals surface area contributed by atoms with Gasteiger partial charge in [-0.2, -0.15) is 5.10 Å². The van der Waals surface area contributed by atoms with Gasteiger partial charge in [0.2, 0.25) is 5.91 Å². The molecule has 0 aliphatic carbocycles. The number of carboxylic acid groups (broad SMARTS) is 1. The molecule has 1 aromatic heterocycles. The van der Waals surface area contributed by atoms with Crippen LogP contribution in [0.1, 0.15) is 30.8 Å². The summed E-state index contributed by atoms with van der Waals surface area (Å²) in [6.07, 6.45) is 0.402. The van der Waals surface area contributed by atoms with Crippen molar-refractivity contribution in [2.75, 3.05) is 13.1 Å². The van der Waals surface area contributed by atoms with E-state index in [0.717, 1.165) is 5.52 Å². The van der Waals surface area contributed by atoms with Crippen LogP contribution in [-0.4, -0.2) is 57.1 Å². The third-order valence-electron chi connectivity index (χ3n) is 4.70. The van der Waals surface area contributed by atoms with Crippen molar-refractivity contribution in [3.8, 4) is 0 Å². The molecule has 0 spiro atoms. The Hall–Kier alpha value is -2.90. The molecule has 8 heteroatoms. The Bertz CT molecular complexity index is 846. The number of amides is 2. The van der Waals surface area contributed by atoms with Crippen molar-refractivity contribution in [1.82, 2.24) is 20.4 Å². The van der Waals surface area contributed by atoms with Crippen LogP contribution < -0.4 is 5.32 Å². The van der Waals surface area contributed by atoms with Crippen molar-refractivity contribution in [1.29, 1.82) is 0 Å². The predicted octanol–water partition coefficient (Wildman–Crippen LogP) is 1.00. The summed E-state index contributed by atoms with van der Waals surface area (Å²) in [5, 5.41) is 19.4. The van der Waals surface area contributed by atoms with Gasteiger partial charge in [0.1, 0.15) is 6.04 Å². The minimum atomic E-state index is -0.933. The average molecular weight is 344 g/mol. The summed E-state index contributed by atoms with van der Waals surface area (Å²) in [6, 6.07) is 6.46. The molecule has 2 unspecified atom stereocenters. The molecular weight excluding hydrogens is 324 g/mol. The van der Waals surface area contributed by atoms with E-state index in [1.54, 1.807) is 26.0 Å². The first-order chi connectivity index (χ1) is 11.8. The molecule has 0 bridgehead atoms. The number of nitrogens with one attached hydrogen (secondary N) is 2. The number of carbonyl (C=O) groups excluding carboxylic acids is 2. The highest BCUT2D eigenvalue weighted by Crippen LogP contribution is 2.30. The summed E-state index contributed by atoms with van der Waals surface area (Å²) < 4.78 is 0. The lowest BCUT2D eigenvalue weighted by Gasteiger charge is -2.23. The number of para-hydroxylation sites is 1. The number of carbonyl (C=O) groups is 3. The normalized spacial score (nSPS) is 21.3. The SMILES string of the molecule is CC(NC(=O)c1n[nH]c2ccccc12)C(=O)N1CCC(C)(C(=O)O)C1. The highest BCUT2D eigenvalue weighted by molar-refractivity contribution is 6.05. The molecule has 0 radical (unpaired) electrons. The monoisotopic (exact) mass is 344 g/mol. The summed E-state index contributed by atoms with van der Waals surface area (Å²) in [7, 11) is 0. The first-order valence-corrected chi connectivity index (χ1v) is 8.08. The Morgan fingerprint density at radius 1 is 1.36 bits per heavy atom. The van der Waals surface area contributed by atoms with E-state index < -0.39 is 23.3 Å². The van der Waals surface area contributed by atoms with Gasteiger partial charge in [0.15, 0.2) is 5.69 Å². The van der Waals surface area contributed by atoms with Crippen molar-refractivity contribution in [3.63, 3.8) is 0 Å². The number of likely N-dealkylation sites (tertiary alicyclic amines) is 1. The maximum absolute atomic E-state index is 12.5. The van der Waals surface area contributed by atoms with Gasteiger partial charge >= 0.3 is 5.97 Å². The van der Waals surface area contributed by atoms with Crippen LogP contribution >= 0.6 is 0 Å². The molecule has 0 saturated carbocycles. The van der Waals surface area contributed by atoms with Gasteiger partial charge < -0.3 is 15.3 Å². The number of nitrogens with zero attached hydrogens (tertiary/aromatic N) is 2. The maximum Gasteiger partial charge on any atom is 0.311 e. The molecule has 3 rings (SSSR count). The van der Waals surface area contributed by atoms with Crippen LogP contribution in [0.25, 0.3) is 10.9 Å². The Labute approximate surface area is 144 Å². The lowest BCUT2D eigenvalue weighted by atomic mass is 9.90. The third-order valence-corrected chi connectivity index (χ3v) is 4.70. The van der Waals surface area contributed by atoms with Crippen LogP contribution in [0.2, 0.25) is 0 Å². The summed E-state index contributed by atoms with van der Waals surface area (Å²) in [5.74, 6) is -1.65. The van der Waals surface area contributed by atoms with Crippen molar-refractivity contribution in [2.45, 2.75) is 26.3 Å². The summed E-state index contributed by atoms with van der Waals surface area (Å²) in [5.41, 5.74) is 0.0353. The average Bonchev–Trinajstić information content (AvgIpc) is 3.18. The number of carboxylic acids is 1. The molecule has 1 aromatic carbocycles. The van der Waals surface area contributed by atoms with Crippen LogP contribution in [0, 0.1) is 5.41 Å². The van der Waals surface area contributed by atoms with Crippen molar-refractivity contribution in [2.24, 2.45) is 5.41 Å². The van der Waals surface area contributed by atoms with E-state index in [-0.39, 0.29) is 18.1 Å². The third kappa shape index (κ3) is 3.07. The first-order valence-electron chi connectivity index (χ1n) is 8.08. The molecule has 1 aliphatic heterocycles. The number of aromatic nitrogens is 2. The van der Waals surface area contributed by atoms with E-state index in [4.69, 9.17) is 0 Å². The highest BCUT2D eigenvalue weighted by Gasteiger charge is 2.43. The molecule has 1 saturated heterocycles. The van der Waals surface area contributed by atoms with Crippen LogP contribution in [0.5, 0.6) is 0 Å². The van der Waals surface area contributed by atoms with Crippen LogP contribution in [-0.2, 0) is 9.59 Å². The highest BCUT2D eigenvalue weighted by atomic mass is 16.4. The zero-order chi connectivity index (χ0) is 18.2. The van der Waals surface area contributed by atoms with Crippen LogP contribution in [0.4, 0.5) is 0 Å². The molecule has 132 valence electrons. The lowest BCUT2D eigenvalue weighted by Crippen LogP contribution is -2.47. The Kier molecular flexibility index (Phi) is 4.20. The lowest BCUT2D eigenvalue weighted by molar-refractivity contribution is -0.147. The number of aromatic amines is 1.